The van der Waals surface area contributed by atoms with E-state index in [-0.39, 0.29) is 28.5 Å². The van der Waals surface area contributed by atoms with Gasteiger partial charge in [-0.05, 0) is 19.4 Å². The van der Waals surface area contributed by atoms with Crippen LogP contribution in [0.4, 0.5) is 0 Å². The molecular formula is C16H24N2O3. The summed E-state index contributed by atoms with van der Waals surface area (Å²) in [5.41, 5.74) is -0.372. The van der Waals surface area contributed by atoms with Crippen molar-refractivity contribution in [3.8, 4) is 0 Å². The average molecular weight is 292 g/mol. The van der Waals surface area contributed by atoms with Crippen LogP contribution in [0.15, 0.2) is 29.2 Å². The molecule has 2 rings (SSSR count). The molecule has 5 heteroatoms. The number of carbonyl (C=O) groups is 1. The SMILES string of the molecule is CO[C@]1(C)C[C@@H](NC(=O)CCn2ccccc2=O)C1(C)C. The minimum atomic E-state index is -0.193. The van der Waals surface area contributed by atoms with Gasteiger partial charge in [0.15, 0.2) is 0 Å². The van der Waals surface area contributed by atoms with Gasteiger partial charge in [0.05, 0.1) is 5.60 Å². The first-order chi connectivity index (χ1) is 9.80. The van der Waals surface area contributed by atoms with Crippen LogP contribution in [0.1, 0.15) is 33.6 Å². The Labute approximate surface area is 125 Å². The third-order valence-electron chi connectivity index (χ3n) is 5.09. The Bertz CT molecular complexity index is 579. The van der Waals surface area contributed by atoms with Gasteiger partial charge in [0, 0.05) is 43.8 Å². The molecule has 21 heavy (non-hydrogen) atoms. The van der Waals surface area contributed by atoms with Gasteiger partial charge in [-0.2, -0.15) is 0 Å². The third kappa shape index (κ3) is 2.88. The molecule has 0 saturated heterocycles. The van der Waals surface area contributed by atoms with Crippen LogP contribution in [0.3, 0.4) is 0 Å². The number of rotatable bonds is 5. The van der Waals surface area contributed by atoms with Crippen molar-refractivity contribution in [2.45, 2.75) is 51.8 Å². The van der Waals surface area contributed by atoms with E-state index in [1.54, 1.807) is 30.0 Å². The first-order valence-corrected chi connectivity index (χ1v) is 7.30. The molecule has 0 unspecified atom stereocenters. The molecule has 0 aromatic carbocycles. The first kappa shape index (κ1) is 15.8. The van der Waals surface area contributed by atoms with Gasteiger partial charge in [0.1, 0.15) is 0 Å². The molecule has 1 aliphatic carbocycles. The van der Waals surface area contributed by atoms with Gasteiger partial charge in [-0.3, -0.25) is 9.59 Å². The van der Waals surface area contributed by atoms with E-state index in [1.165, 1.54) is 6.07 Å². The van der Waals surface area contributed by atoms with E-state index >= 15 is 0 Å². The highest BCUT2D eigenvalue weighted by molar-refractivity contribution is 5.76. The van der Waals surface area contributed by atoms with Crippen LogP contribution >= 0.6 is 0 Å². The highest BCUT2D eigenvalue weighted by Gasteiger charge is 2.58. The standard InChI is InChI=1S/C16H24N2O3/c1-15(2)12(11-16(15,3)21-4)17-13(19)8-10-18-9-6-5-7-14(18)20/h5-7,9,12H,8,10-11H2,1-4H3,(H,17,19)/t12-,16-/m1/s1. The fourth-order valence-corrected chi connectivity index (χ4v) is 2.86. The van der Waals surface area contributed by atoms with Crippen LogP contribution in [0.5, 0.6) is 0 Å². The number of carbonyl (C=O) groups excluding carboxylic acids is 1. The zero-order valence-electron chi connectivity index (χ0n) is 13.2. The molecule has 1 aromatic heterocycles. The van der Waals surface area contributed by atoms with Crippen molar-refractivity contribution < 1.29 is 9.53 Å². The van der Waals surface area contributed by atoms with Crippen molar-refractivity contribution in [2.24, 2.45) is 5.41 Å². The van der Waals surface area contributed by atoms with Crippen LogP contribution in [-0.4, -0.2) is 29.2 Å². The smallest absolute Gasteiger partial charge is 0.250 e. The minimum Gasteiger partial charge on any atom is -0.378 e. The van der Waals surface area contributed by atoms with Crippen molar-refractivity contribution in [1.29, 1.82) is 0 Å². The Kier molecular flexibility index (Phi) is 4.23. The predicted molar refractivity (Wildman–Crippen MR) is 81.1 cm³/mol. The maximum atomic E-state index is 12.1. The summed E-state index contributed by atoms with van der Waals surface area (Å²) in [6.45, 7) is 6.68. The van der Waals surface area contributed by atoms with Crippen molar-refractivity contribution >= 4 is 5.91 Å². The number of nitrogens with zero attached hydrogens (tertiary/aromatic N) is 1. The number of ether oxygens (including phenoxy) is 1. The molecule has 2 atom stereocenters. The van der Waals surface area contributed by atoms with E-state index in [0.29, 0.717) is 13.0 Å². The Morgan fingerprint density at radius 2 is 2.14 bits per heavy atom. The van der Waals surface area contributed by atoms with Crippen molar-refractivity contribution in [3.63, 3.8) is 0 Å². The number of aromatic nitrogens is 1. The molecule has 0 aliphatic heterocycles. The highest BCUT2D eigenvalue weighted by Crippen LogP contribution is 2.51. The van der Waals surface area contributed by atoms with Gasteiger partial charge >= 0.3 is 0 Å². The third-order valence-corrected chi connectivity index (χ3v) is 5.09. The van der Waals surface area contributed by atoms with Crippen LogP contribution in [0, 0.1) is 5.41 Å². The maximum absolute atomic E-state index is 12.1. The van der Waals surface area contributed by atoms with Crippen molar-refractivity contribution in [3.05, 3.63) is 34.7 Å². The van der Waals surface area contributed by atoms with Gasteiger partial charge in [-0.1, -0.05) is 19.9 Å². The average Bonchev–Trinajstić information content (AvgIpc) is 2.45. The normalized spacial score (nSPS) is 27.0. The summed E-state index contributed by atoms with van der Waals surface area (Å²) in [4.78, 5) is 23.6. The molecular weight excluding hydrogens is 268 g/mol. The lowest BCUT2D eigenvalue weighted by Gasteiger charge is -2.59. The topological polar surface area (TPSA) is 60.3 Å². The summed E-state index contributed by atoms with van der Waals surface area (Å²) in [6, 6.07) is 5.10. The van der Waals surface area contributed by atoms with Crippen molar-refractivity contribution in [2.75, 3.05) is 7.11 Å². The molecule has 1 N–H and O–H groups in total. The van der Waals surface area contributed by atoms with Crippen LogP contribution in [0.2, 0.25) is 0 Å². The van der Waals surface area contributed by atoms with Crippen LogP contribution in [0.25, 0.3) is 0 Å². The molecule has 0 radical (unpaired) electrons. The van der Waals surface area contributed by atoms with E-state index in [1.807, 2.05) is 0 Å². The second-order valence-electron chi connectivity index (χ2n) is 6.46. The second-order valence-corrected chi connectivity index (χ2v) is 6.46. The summed E-state index contributed by atoms with van der Waals surface area (Å²) < 4.78 is 7.10. The van der Waals surface area contributed by atoms with Crippen molar-refractivity contribution in [1.82, 2.24) is 9.88 Å². The van der Waals surface area contributed by atoms with Gasteiger partial charge < -0.3 is 14.6 Å². The number of amides is 1. The van der Waals surface area contributed by atoms with Gasteiger partial charge in [0.25, 0.3) is 5.56 Å². The zero-order chi connectivity index (χ0) is 15.7. The number of hydrogen-bond donors (Lipinski definition) is 1. The lowest BCUT2D eigenvalue weighted by atomic mass is 9.56. The second kappa shape index (κ2) is 5.64. The van der Waals surface area contributed by atoms with E-state index < -0.39 is 0 Å². The molecule has 1 heterocycles. The molecule has 1 amide bonds. The molecule has 1 aromatic rings. The molecule has 0 bridgehead atoms. The molecule has 0 spiro atoms. The maximum Gasteiger partial charge on any atom is 0.250 e. The Morgan fingerprint density at radius 1 is 1.43 bits per heavy atom. The van der Waals surface area contributed by atoms with E-state index in [4.69, 9.17) is 4.74 Å². The lowest BCUT2D eigenvalue weighted by Crippen LogP contribution is -2.68. The lowest BCUT2D eigenvalue weighted by molar-refractivity contribution is -0.182. The largest absolute Gasteiger partial charge is 0.378 e. The number of methoxy groups -OCH3 is 1. The minimum absolute atomic E-state index is 0.0259. The number of aryl methyl sites for hydroxylation is 1. The summed E-state index contributed by atoms with van der Waals surface area (Å²) >= 11 is 0. The molecule has 1 saturated carbocycles. The predicted octanol–water partition coefficient (Wildman–Crippen LogP) is 1.56. The number of pyridine rings is 1. The first-order valence-electron chi connectivity index (χ1n) is 7.30. The molecule has 5 nitrogen and oxygen atoms in total. The zero-order valence-corrected chi connectivity index (χ0v) is 13.2. The van der Waals surface area contributed by atoms with Gasteiger partial charge in [-0.15, -0.1) is 0 Å². The van der Waals surface area contributed by atoms with Crippen LogP contribution < -0.4 is 10.9 Å². The Hall–Kier alpha value is -1.62. The summed E-state index contributed by atoms with van der Waals surface area (Å²) in [7, 11) is 1.71. The molecule has 116 valence electrons. The van der Waals surface area contributed by atoms with E-state index in [0.717, 1.165) is 6.42 Å². The summed E-state index contributed by atoms with van der Waals surface area (Å²) in [5.74, 6) is -0.0259. The Balaban J connectivity index is 1.87. The summed E-state index contributed by atoms with van der Waals surface area (Å²) in [5, 5.41) is 3.05. The monoisotopic (exact) mass is 292 g/mol. The van der Waals surface area contributed by atoms with E-state index in [9.17, 15) is 9.59 Å². The fourth-order valence-electron chi connectivity index (χ4n) is 2.86. The van der Waals surface area contributed by atoms with Gasteiger partial charge in [-0.25, -0.2) is 0 Å². The number of nitrogens with one attached hydrogen (secondary N) is 1. The highest BCUT2D eigenvalue weighted by atomic mass is 16.5. The number of hydrogen-bond acceptors (Lipinski definition) is 3. The van der Waals surface area contributed by atoms with Gasteiger partial charge in [0.2, 0.25) is 5.91 Å². The fraction of sp³-hybridized carbons (Fsp3) is 0.625. The van der Waals surface area contributed by atoms with E-state index in [2.05, 4.69) is 26.1 Å². The molecule has 1 aliphatic rings. The summed E-state index contributed by atoms with van der Waals surface area (Å²) in [6.07, 6.45) is 2.82. The molecule has 1 fully saturated rings. The quantitative estimate of drug-likeness (QED) is 0.896. The Morgan fingerprint density at radius 3 is 2.71 bits per heavy atom. The van der Waals surface area contributed by atoms with Crippen LogP contribution in [-0.2, 0) is 16.1 Å².